The van der Waals surface area contributed by atoms with E-state index in [-0.39, 0.29) is 28.9 Å². The Morgan fingerprint density at radius 1 is 1.47 bits per heavy atom. The highest BCUT2D eigenvalue weighted by Gasteiger charge is 2.17. The van der Waals surface area contributed by atoms with Gasteiger partial charge in [-0.15, -0.1) is 0 Å². The number of aryl methyl sites for hydroxylation is 1. The van der Waals surface area contributed by atoms with Gasteiger partial charge in [0, 0.05) is 11.3 Å². The van der Waals surface area contributed by atoms with E-state index in [4.69, 9.17) is 10.5 Å². The molecule has 0 aliphatic rings. The van der Waals surface area contributed by atoms with E-state index in [2.05, 4.69) is 4.98 Å². The lowest BCUT2D eigenvalue weighted by molar-refractivity contribution is 0.149. The average molecular weight is 207 g/mol. The fraction of sp³-hybridized carbons (Fsp3) is 0.300. The third kappa shape index (κ3) is 2.26. The normalized spacial score (nSPS) is 9.73. The third-order valence-corrected chi connectivity index (χ3v) is 1.94. The minimum atomic E-state index is -2.67. The second kappa shape index (κ2) is 4.47. The standard InChI is InChI=1S/C10H7F2N3/c1-6-9(10(11)12)7(2-3-13)4-8(5-14)15-6/h4,10H,2H2,1H3. The Hall–Kier alpha value is -2.01. The van der Waals surface area contributed by atoms with Crippen molar-refractivity contribution in [1.82, 2.24) is 4.98 Å². The highest BCUT2D eigenvalue weighted by Crippen LogP contribution is 2.26. The van der Waals surface area contributed by atoms with Gasteiger partial charge in [-0.2, -0.15) is 10.5 Å². The molecule has 0 fully saturated rings. The van der Waals surface area contributed by atoms with E-state index in [0.29, 0.717) is 0 Å². The summed E-state index contributed by atoms with van der Waals surface area (Å²) < 4.78 is 25.2. The van der Waals surface area contributed by atoms with Crippen LogP contribution < -0.4 is 0 Å². The first kappa shape index (κ1) is 11.1. The summed E-state index contributed by atoms with van der Waals surface area (Å²) >= 11 is 0. The topological polar surface area (TPSA) is 60.5 Å². The van der Waals surface area contributed by atoms with Crippen molar-refractivity contribution in [3.63, 3.8) is 0 Å². The number of hydrogen-bond acceptors (Lipinski definition) is 3. The maximum atomic E-state index is 12.6. The molecular formula is C10H7F2N3. The van der Waals surface area contributed by atoms with E-state index in [9.17, 15) is 8.78 Å². The molecule has 0 saturated carbocycles. The van der Waals surface area contributed by atoms with Crippen LogP contribution in [-0.4, -0.2) is 4.98 Å². The molecule has 0 N–H and O–H groups in total. The van der Waals surface area contributed by atoms with E-state index < -0.39 is 6.43 Å². The minimum absolute atomic E-state index is 0.0575. The van der Waals surface area contributed by atoms with E-state index in [1.165, 1.54) is 13.0 Å². The minimum Gasteiger partial charge on any atom is -0.242 e. The first-order valence-corrected chi connectivity index (χ1v) is 4.15. The van der Waals surface area contributed by atoms with Gasteiger partial charge in [-0.3, -0.25) is 0 Å². The molecule has 0 spiro atoms. The molecular weight excluding hydrogens is 200 g/mol. The monoisotopic (exact) mass is 207 g/mol. The highest BCUT2D eigenvalue weighted by atomic mass is 19.3. The van der Waals surface area contributed by atoms with Gasteiger partial charge in [0.05, 0.1) is 12.5 Å². The largest absolute Gasteiger partial charge is 0.265 e. The summed E-state index contributed by atoms with van der Waals surface area (Å²) in [4.78, 5) is 3.71. The third-order valence-electron chi connectivity index (χ3n) is 1.94. The number of rotatable bonds is 2. The lowest BCUT2D eigenvalue weighted by Crippen LogP contribution is -2.02. The van der Waals surface area contributed by atoms with Gasteiger partial charge in [0.15, 0.2) is 0 Å². The lowest BCUT2D eigenvalue weighted by Gasteiger charge is -2.08. The second-order valence-electron chi connectivity index (χ2n) is 2.91. The number of pyridine rings is 1. The van der Waals surface area contributed by atoms with Gasteiger partial charge < -0.3 is 0 Å². The number of halogens is 2. The molecule has 0 radical (unpaired) electrons. The Kier molecular flexibility index (Phi) is 3.30. The van der Waals surface area contributed by atoms with Gasteiger partial charge >= 0.3 is 0 Å². The van der Waals surface area contributed by atoms with Crippen molar-refractivity contribution in [2.45, 2.75) is 19.8 Å². The van der Waals surface area contributed by atoms with E-state index in [1.807, 2.05) is 0 Å². The zero-order chi connectivity index (χ0) is 11.4. The zero-order valence-corrected chi connectivity index (χ0v) is 7.96. The van der Waals surface area contributed by atoms with Crippen molar-refractivity contribution in [2.75, 3.05) is 0 Å². The van der Waals surface area contributed by atoms with E-state index in [0.717, 1.165) is 0 Å². The van der Waals surface area contributed by atoms with Gasteiger partial charge in [0.1, 0.15) is 11.8 Å². The molecule has 0 amide bonds. The zero-order valence-electron chi connectivity index (χ0n) is 7.96. The van der Waals surface area contributed by atoms with Gasteiger partial charge in [-0.1, -0.05) is 0 Å². The van der Waals surface area contributed by atoms with Gasteiger partial charge in [-0.25, -0.2) is 13.8 Å². The van der Waals surface area contributed by atoms with Gasteiger partial charge in [0.25, 0.3) is 6.43 Å². The number of aromatic nitrogens is 1. The number of nitrogens with zero attached hydrogens (tertiary/aromatic N) is 3. The van der Waals surface area contributed by atoms with Crippen LogP contribution in [0.4, 0.5) is 8.78 Å². The first-order valence-electron chi connectivity index (χ1n) is 4.15. The molecule has 0 saturated heterocycles. The fourth-order valence-corrected chi connectivity index (χ4v) is 1.34. The quantitative estimate of drug-likeness (QED) is 0.747. The Balaban J connectivity index is 3.38. The van der Waals surface area contributed by atoms with Crippen molar-refractivity contribution < 1.29 is 8.78 Å². The number of hydrogen-bond donors (Lipinski definition) is 0. The van der Waals surface area contributed by atoms with Gasteiger partial charge in [0.2, 0.25) is 0 Å². The Labute approximate surface area is 85.6 Å². The Morgan fingerprint density at radius 3 is 2.60 bits per heavy atom. The SMILES string of the molecule is Cc1nc(C#N)cc(CC#N)c1C(F)F. The van der Waals surface area contributed by atoms with E-state index >= 15 is 0 Å². The van der Waals surface area contributed by atoms with Crippen LogP contribution in [0, 0.1) is 29.6 Å². The van der Waals surface area contributed by atoms with Crippen molar-refractivity contribution in [3.05, 3.63) is 28.6 Å². The van der Waals surface area contributed by atoms with Crippen LogP contribution in [0.5, 0.6) is 0 Å². The maximum Gasteiger partial charge on any atom is 0.265 e. The van der Waals surface area contributed by atoms with Crippen molar-refractivity contribution in [1.29, 1.82) is 10.5 Å². The van der Waals surface area contributed by atoms with E-state index in [1.54, 1.807) is 12.1 Å². The Morgan fingerprint density at radius 2 is 2.13 bits per heavy atom. The molecule has 1 aromatic heterocycles. The number of alkyl halides is 2. The fourth-order valence-electron chi connectivity index (χ4n) is 1.34. The van der Waals surface area contributed by atoms with Crippen LogP contribution in [0.25, 0.3) is 0 Å². The molecule has 1 rings (SSSR count). The molecule has 0 atom stereocenters. The Bertz CT molecular complexity index is 455. The average Bonchev–Trinajstić information content (AvgIpc) is 2.16. The van der Waals surface area contributed by atoms with Crippen molar-refractivity contribution in [3.8, 4) is 12.1 Å². The van der Waals surface area contributed by atoms with Crippen molar-refractivity contribution in [2.24, 2.45) is 0 Å². The summed E-state index contributed by atoms with van der Waals surface area (Å²) in [6.07, 6.45) is -2.81. The predicted molar refractivity (Wildman–Crippen MR) is 48.0 cm³/mol. The molecule has 15 heavy (non-hydrogen) atoms. The summed E-state index contributed by atoms with van der Waals surface area (Å²) in [7, 11) is 0. The summed E-state index contributed by atoms with van der Waals surface area (Å²) in [6, 6.07) is 4.79. The molecule has 1 heterocycles. The highest BCUT2D eigenvalue weighted by molar-refractivity contribution is 5.38. The molecule has 0 unspecified atom stereocenters. The molecule has 0 aliphatic heterocycles. The van der Waals surface area contributed by atoms with Gasteiger partial charge in [-0.05, 0) is 18.6 Å². The molecule has 0 aliphatic carbocycles. The molecule has 1 aromatic rings. The summed E-state index contributed by atoms with van der Waals surface area (Å²) in [5.74, 6) is 0. The summed E-state index contributed by atoms with van der Waals surface area (Å²) in [6.45, 7) is 1.41. The lowest BCUT2D eigenvalue weighted by atomic mass is 10.0. The molecule has 0 bridgehead atoms. The molecule has 5 heteroatoms. The summed E-state index contributed by atoms with van der Waals surface area (Å²) in [5.41, 5.74) is 0.101. The predicted octanol–water partition coefficient (Wildman–Crippen LogP) is 2.27. The molecule has 3 nitrogen and oxygen atoms in total. The van der Waals surface area contributed by atoms with Crippen LogP contribution >= 0.6 is 0 Å². The van der Waals surface area contributed by atoms with Crippen LogP contribution in [0.15, 0.2) is 6.07 Å². The van der Waals surface area contributed by atoms with Crippen molar-refractivity contribution >= 4 is 0 Å². The second-order valence-corrected chi connectivity index (χ2v) is 2.91. The molecule has 0 aromatic carbocycles. The smallest absolute Gasteiger partial charge is 0.242 e. The van der Waals surface area contributed by atoms with Crippen LogP contribution in [-0.2, 0) is 6.42 Å². The van der Waals surface area contributed by atoms with Crippen LogP contribution in [0.2, 0.25) is 0 Å². The number of nitriles is 2. The maximum absolute atomic E-state index is 12.6. The first-order chi connectivity index (χ1) is 7.10. The summed E-state index contributed by atoms with van der Waals surface area (Å²) in [5, 5.41) is 17.1. The molecule has 76 valence electrons. The van der Waals surface area contributed by atoms with Crippen LogP contribution in [0.3, 0.4) is 0 Å². The van der Waals surface area contributed by atoms with Crippen LogP contribution in [0.1, 0.15) is 28.9 Å².